The van der Waals surface area contributed by atoms with Crippen molar-refractivity contribution in [3.8, 4) is 5.75 Å². The van der Waals surface area contributed by atoms with Crippen molar-refractivity contribution in [1.82, 2.24) is 0 Å². The zero-order chi connectivity index (χ0) is 16.8. The van der Waals surface area contributed by atoms with Crippen LogP contribution < -0.4 is 4.74 Å². The molecule has 0 aromatic heterocycles. The molecule has 4 nitrogen and oxygen atoms in total. The maximum atomic E-state index is 12.1. The number of Topliss-reactive ketones (excluding diaryl/α,β-unsaturated/α-hetero) is 1. The van der Waals surface area contributed by atoms with Crippen molar-refractivity contribution in [3.05, 3.63) is 64.7 Å². The highest BCUT2D eigenvalue weighted by Gasteiger charge is 2.19. The highest BCUT2D eigenvalue weighted by molar-refractivity contribution is 6.30. The van der Waals surface area contributed by atoms with Crippen LogP contribution in [0.5, 0.6) is 5.75 Å². The molecular weight excluding hydrogens is 316 g/mol. The number of hydrogen-bond acceptors (Lipinski definition) is 4. The third kappa shape index (κ3) is 4.83. The predicted octanol–water partition coefficient (Wildman–Crippen LogP) is 3.84. The number of hydrogen-bond donors (Lipinski definition) is 0. The topological polar surface area (TPSA) is 52.6 Å². The molecule has 2 rings (SSSR count). The quantitative estimate of drug-likeness (QED) is 0.595. The molecule has 2 aromatic carbocycles. The molecule has 0 amide bonds. The van der Waals surface area contributed by atoms with Gasteiger partial charge in [-0.2, -0.15) is 0 Å². The molecule has 0 heterocycles. The van der Waals surface area contributed by atoms with E-state index >= 15 is 0 Å². The monoisotopic (exact) mass is 332 g/mol. The van der Waals surface area contributed by atoms with E-state index in [4.69, 9.17) is 21.1 Å². The molecule has 0 bridgehead atoms. The van der Waals surface area contributed by atoms with Gasteiger partial charge in [0.25, 0.3) is 0 Å². The molecule has 5 heteroatoms. The molecule has 0 N–H and O–H groups in total. The van der Waals surface area contributed by atoms with Gasteiger partial charge < -0.3 is 9.47 Å². The first kappa shape index (κ1) is 17.0. The largest absolute Gasteiger partial charge is 0.482 e. The Labute approximate surface area is 140 Å². The number of rotatable bonds is 6. The van der Waals surface area contributed by atoms with E-state index in [9.17, 15) is 9.59 Å². The van der Waals surface area contributed by atoms with E-state index in [1.807, 2.05) is 13.0 Å². The van der Waals surface area contributed by atoms with Gasteiger partial charge in [0.15, 0.2) is 12.7 Å². The molecule has 2 aromatic rings. The van der Waals surface area contributed by atoms with E-state index in [-0.39, 0.29) is 12.4 Å². The third-order valence-electron chi connectivity index (χ3n) is 3.22. The number of carbonyl (C=O) groups is 2. The molecule has 0 fully saturated rings. The molecule has 0 spiro atoms. The first-order chi connectivity index (χ1) is 11.0. The van der Waals surface area contributed by atoms with Gasteiger partial charge in [0, 0.05) is 10.6 Å². The summed E-state index contributed by atoms with van der Waals surface area (Å²) in [5, 5.41) is 0.597. The number of ketones is 1. The Bertz CT molecular complexity index is 697. The smallest absolute Gasteiger partial charge is 0.344 e. The number of benzene rings is 2. The summed E-state index contributed by atoms with van der Waals surface area (Å²) in [4.78, 5) is 23.9. The lowest BCUT2D eigenvalue weighted by Crippen LogP contribution is -2.27. The van der Waals surface area contributed by atoms with Gasteiger partial charge in [-0.15, -0.1) is 0 Å². The molecule has 0 aliphatic rings. The molecule has 0 aliphatic carbocycles. The van der Waals surface area contributed by atoms with Crippen LogP contribution >= 0.6 is 11.6 Å². The second kappa shape index (κ2) is 7.79. The second-order valence-electron chi connectivity index (χ2n) is 5.06. The predicted molar refractivity (Wildman–Crippen MR) is 88.0 cm³/mol. The normalized spacial score (nSPS) is 11.6. The van der Waals surface area contributed by atoms with Gasteiger partial charge in [-0.1, -0.05) is 41.9 Å². The van der Waals surface area contributed by atoms with Gasteiger partial charge in [0.1, 0.15) is 5.75 Å². The van der Waals surface area contributed by atoms with Crippen LogP contribution in [-0.4, -0.2) is 24.5 Å². The van der Waals surface area contributed by atoms with E-state index in [0.717, 1.165) is 5.56 Å². The standard InChI is InChI=1S/C18H17ClO4/c1-12-10-15(19)8-9-16(12)22-11-17(20)23-13(2)18(21)14-6-4-3-5-7-14/h3-10,13H,11H2,1-2H3. The molecule has 0 aliphatic heterocycles. The summed E-state index contributed by atoms with van der Waals surface area (Å²) < 4.78 is 10.5. The summed E-state index contributed by atoms with van der Waals surface area (Å²) in [7, 11) is 0. The van der Waals surface area contributed by atoms with Crippen molar-refractivity contribution in [2.24, 2.45) is 0 Å². The van der Waals surface area contributed by atoms with Crippen molar-refractivity contribution in [2.75, 3.05) is 6.61 Å². The minimum absolute atomic E-state index is 0.248. The van der Waals surface area contributed by atoms with Crippen molar-refractivity contribution >= 4 is 23.4 Å². The third-order valence-corrected chi connectivity index (χ3v) is 3.45. The van der Waals surface area contributed by atoms with Crippen molar-refractivity contribution in [1.29, 1.82) is 0 Å². The van der Waals surface area contributed by atoms with E-state index in [2.05, 4.69) is 0 Å². The number of esters is 1. The average molecular weight is 333 g/mol. The van der Waals surface area contributed by atoms with Crippen molar-refractivity contribution < 1.29 is 19.1 Å². The molecule has 0 radical (unpaired) electrons. The number of aryl methyl sites for hydroxylation is 1. The van der Waals surface area contributed by atoms with Crippen LogP contribution in [0.2, 0.25) is 5.02 Å². The van der Waals surface area contributed by atoms with Gasteiger partial charge in [-0.3, -0.25) is 4.79 Å². The average Bonchev–Trinajstić information content (AvgIpc) is 2.54. The highest BCUT2D eigenvalue weighted by Crippen LogP contribution is 2.21. The Morgan fingerprint density at radius 2 is 1.83 bits per heavy atom. The lowest BCUT2D eigenvalue weighted by molar-refractivity contribution is -0.148. The van der Waals surface area contributed by atoms with Gasteiger partial charge in [0.05, 0.1) is 0 Å². The van der Waals surface area contributed by atoms with Crippen molar-refractivity contribution in [3.63, 3.8) is 0 Å². The zero-order valence-electron chi connectivity index (χ0n) is 12.9. The van der Waals surface area contributed by atoms with Gasteiger partial charge >= 0.3 is 5.97 Å². The maximum Gasteiger partial charge on any atom is 0.344 e. The fourth-order valence-electron chi connectivity index (χ4n) is 2.03. The number of halogens is 1. The SMILES string of the molecule is Cc1cc(Cl)ccc1OCC(=O)OC(C)C(=O)c1ccccc1. The van der Waals surface area contributed by atoms with E-state index in [1.54, 1.807) is 49.4 Å². The van der Waals surface area contributed by atoms with Crippen LogP contribution in [0.15, 0.2) is 48.5 Å². The van der Waals surface area contributed by atoms with Crippen LogP contribution in [0, 0.1) is 6.92 Å². The lowest BCUT2D eigenvalue weighted by atomic mass is 10.1. The zero-order valence-corrected chi connectivity index (χ0v) is 13.7. The van der Waals surface area contributed by atoms with E-state index in [0.29, 0.717) is 16.3 Å². The van der Waals surface area contributed by atoms with Crippen LogP contribution in [-0.2, 0) is 9.53 Å². The summed E-state index contributed by atoms with van der Waals surface area (Å²) in [5.41, 5.74) is 1.32. The van der Waals surface area contributed by atoms with Gasteiger partial charge in [-0.05, 0) is 37.6 Å². The fourth-order valence-corrected chi connectivity index (χ4v) is 2.26. The first-order valence-corrected chi connectivity index (χ1v) is 7.53. The highest BCUT2D eigenvalue weighted by atomic mass is 35.5. The fraction of sp³-hybridized carbons (Fsp3) is 0.222. The Morgan fingerprint density at radius 1 is 1.13 bits per heavy atom. The van der Waals surface area contributed by atoms with Crippen molar-refractivity contribution in [2.45, 2.75) is 20.0 Å². The summed E-state index contributed by atoms with van der Waals surface area (Å²) in [6.45, 7) is 3.10. The number of carbonyl (C=O) groups excluding carboxylic acids is 2. The van der Waals surface area contributed by atoms with E-state index < -0.39 is 12.1 Å². The molecule has 23 heavy (non-hydrogen) atoms. The van der Waals surface area contributed by atoms with Crippen LogP contribution in [0.25, 0.3) is 0 Å². The molecular formula is C18H17ClO4. The molecule has 0 saturated heterocycles. The summed E-state index contributed by atoms with van der Waals surface area (Å²) in [6.07, 6.45) is -0.861. The lowest BCUT2D eigenvalue weighted by Gasteiger charge is -2.13. The van der Waals surface area contributed by atoms with Gasteiger partial charge in [0.2, 0.25) is 5.78 Å². The summed E-state index contributed by atoms with van der Waals surface area (Å²) in [6, 6.07) is 13.8. The van der Waals surface area contributed by atoms with E-state index in [1.165, 1.54) is 0 Å². The maximum absolute atomic E-state index is 12.1. The number of ether oxygens (including phenoxy) is 2. The van der Waals surface area contributed by atoms with Crippen LogP contribution in [0.3, 0.4) is 0 Å². The Kier molecular flexibility index (Phi) is 5.77. The van der Waals surface area contributed by atoms with Crippen LogP contribution in [0.4, 0.5) is 0 Å². The Morgan fingerprint density at radius 3 is 2.48 bits per heavy atom. The first-order valence-electron chi connectivity index (χ1n) is 7.15. The van der Waals surface area contributed by atoms with Crippen LogP contribution in [0.1, 0.15) is 22.8 Å². The molecule has 0 saturated carbocycles. The van der Waals surface area contributed by atoms with Gasteiger partial charge in [-0.25, -0.2) is 4.79 Å². The molecule has 120 valence electrons. The molecule has 1 unspecified atom stereocenters. The Balaban J connectivity index is 1.88. The minimum atomic E-state index is -0.861. The Hall–Kier alpha value is -2.33. The summed E-state index contributed by atoms with van der Waals surface area (Å²) >= 11 is 5.86. The second-order valence-corrected chi connectivity index (χ2v) is 5.50. The molecule has 1 atom stereocenters. The summed E-state index contributed by atoms with van der Waals surface area (Å²) in [5.74, 6) is -0.300. The minimum Gasteiger partial charge on any atom is -0.482 e.